The summed E-state index contributed by atoms with van der Waals surface area (Å²) in [5.74, 6) is 0.896. The Labute approximate surface area is 91.0 Å². The third-order valence-electron chi connectivity index (χ3n) is 2.16. The van der Waals surface area contributed by atoms with Gasteiger partial charge in [-0.1, -0.05) is 44.5 Å². The molecule has 0 radical (unpaired) electrons. The maximum atomic E-state index is 5.59. The van der Waals surface area contributed by atoms with Crippen molar-refractivity contribution < 1.29 is 4.74 Å². The normalized spacial score (nSPS) is 11.5. The number of halogens is 1. The van der Waals surface area contributed by atoms with Gasteiger partial charge in [-0.3, -0.25) is 0 Å². The molecule has 1 rings (SSSR count). The molecule has 0 heterocycles. The molecule has 0 fully saturated rings. The highest BCUT2D eigenvalue weighted by molar-refractivity contribution is 6.17. The maximum absolute atomic E-state index is 5.59. The molecule has 0 saturated carbocycles. The zero-order chi connectivity index (χ0) is 10.8. The summed E-state index contributed by atoms with van der Waals surface area (Å²) in [5.41, 5.74) is 2.48. The molecule has 0 aliphatic carbocycles. The van der Waals surface area contributed by atoms with Gasteiger partial charge in [0.05, 0.1) is 0 Å². The van der Waals surface area contributed by atoms with Gasteiger partial charge in [-0.2, -0.15) is 0 Å². The van der Waals surface area contributed by atoms with Crippen molar-refractivity contribution in [1.29, 1.82) is 0 Å². The van der Waals surface area contributed by atoms with Crippen LogP contribution >= 0.6 is 11.6 Å². The summed E-state index contributed by atoms with van der Waals surface area (Å²) >= 11 is 5.59. The molecular formula is C12H17ClO. The van der Waals surface area contributed by atoms with E-state index in [1.165, 1.54) is 11.1 Å². The monoisotopic (exact) mass is 212 g/mol. The fourth-order valence-electron chi connectivity index (χ4n) is 1.43. The van der Waals surface area contributed by atoms with Crippen LogP contribution in [0.25, 0.3) is 0 Å². The van der Waals surface area contributed by atoms with Crippen LogP contribution in [0.1, 0.15) is 31.9 Å². The van der Waals surface area contributed by atoms with Gasteiger partial charge in [-0.05, 0) is 29.5 Å². The summed E-state index contributed by atoms with van der Waals surface area (Å²) in [6, 6.07) is 6.44. The van der Waals surface area contributed by atoms with Gasteiger partial charge >= 0.3 is 0 Å². The van der Waals surface area contributed by atoms with E-state index < -0.39 is 0 Å². The van der Waals surface area contributed by atoms with Crippen LogP contribution < -0.4 is 4.74 Å². The number of hydrogen-bond donors (Lipinski definition) is 0. The van der Waals surface area contributed by atoms with Crippen molar-refractivity contribution in [2.75, 3.05) is 6.07 Å². The highest BCUT2D eigenvalue weighted by atomic mass is 35.5. The number of rotatable bonds is 2. The van der Waals surface area contributed by atoms with Crippen LogP contribution in [0.3, 0.4) is 0 Å². The molecule has 0 bridgehead atoms. The van der Waals surface area contributed by atoms with Gasteiger partial charge < -0.3 is 4.74 Å². The van der Waals surface area contributed by atoms with E-state index in [1.807, 2.05) is 13.0 Å². The minimum absolute atomic E-state index is 0.0924. The van der Waals surface area contributed by atoms with E-state index in [-0.39, 0.29) is 11.5 Å². The lowest BCUT2D eigenvalue weighted by Gasteiger charge is -2.22. The van der Waals surface area contributed by atoms with Crippen LogP contribution in [0, 0.1) is 6.92 Å². The van der Waals surface area contributed by atoms with Crippen molar-refractivity contribution in [3.05, 3.63) is 29.3 Å². The van der Waals surface area contributed by atoms with Gasteiger partial charge in [-0.15, -0.1) is 0 Å². The lowest BCUT2D eigenvalue weighted by atomic mass is 9.86. The van der Waals surface area contributed by atoms with Crippen LogP contribution in [0.15, 0.2) is 18.2 Å². The van der Waals surface area contributed by atoms with E-state index in [2.05, 4.69) is 32.9 Å². The summed E-state index contributed by atoms with van der Waals surface area (Å²) in [6.07, 6.45) is 0. The first-order valence-corrected chi connectivity index (χ1v) is 5.28. The fourth-order valence-corrected chi connectivity index (χ4v) is 1.54. The van der Waals surface area contributed by atoms with Gasteiger partial charge in [0.15, 0.2) is 6.07 Å². The van der Waals surface area contributed by atoms with E-state index in [9.17, 15) is 0 Å². The Balaban J connectivity index is 3.15. The van der Waals surface area contributed by atoms with Gasteiger partial charge in [0, 0.05) is 0 Å². The second-order valence-corrected chi connectivity index (χ2v) is 4.72. The lowest BCUT2D eigenvalue weighted by Crippen LogP contribution is -2.13. The molecule has 2 heteroatoms. The molecule has 0 aliphatic rings. The van der Waals surface area contributed by atoms with Crippen molar-refractivity contribution in [3.63, 3.8) is 0 Å². The van der Waals surface area contributed by atoms with Crippen LogP contribution in [0.2, 0.25) is 0 Å². The first kappa shape index (κ1) is 11.4. The Morgan fingerprint density at radius 3 is 2.43 bits per heavy atom. The fraction of sp³-hybridized carbons (Fsp3) is 0.500. The highest BCUT2D eigenvalue weighted by Gasteiger charge is 2.18. The maximum Gasteiger partial charge on any atom is 0.162 e. The van der Waals surface area contributed by atoms with Gasteiger partial charge in [0.2, 0.25) is 0 Å². The molecule has 0 unspecified atom stereocenters. The summed E-state index contributed by atoms with van der Waals surface area (Å²) in [5, 5.41) is 0. The zero-order valence-electron chi connectivity index (χ0n) is 9.23. The number of hydrogen-bond acceptors (Lipinski definition) is 1. The van der Waals surface area contributed by atoms with E-state index in [4.69, 9.17) is 16.3 Å². The summed E-state index contributed by atoms with van der Waals surface area (Å²) in [4.78, 5) is 0. The SMILES string of the molecule is Cc1ccc(C(C)(C)C)c(OCCl)c1. The molecule has 14 heavy (non-hydrogen) atoms. The van der Waals surface area contributed by atoms with Crippen LogP contribution in [-0.4, -0.2) is 6.07 Å². The lowest BCUT2D eigenvalue weighted by molar-refractivity contribution is 0.373. The van der Waals surface area contributed by atoms with Crippen molar-refractivity contribution in [1.82, 2.24) is 0 Å². The van der Waals surface area contributed by atoms with Crippen molar-refractivity contribution in [2.24, 2.45) is 0 Å². The smallest absolute Gasteiger partial charge is 0.162 e. The van der Waals surface area contributed by atoms with Gasteiger partial charge in [0.1, 0.15) is 5.75 Å². The summed E-state index contributed by atoms with van der Waals surface area (Å²) < 4.78 is 5.41. The van der Waals surface area contributed by atoms with Crippen molar-refractivity contribution in [3.8, 4) is 5.75 Å². The Hall–Kier alpha value is -0.690. The molecule has 0 spiro atoms. The zero-order valence-corrected chi connectivity index (χ0v) is 9.98. The number of ether oxygens (including phenoxy) is 1. The number of aryl methyl sites for hydroxylation is 1. The van der Waals surface area contributed by atoms with E-state index in [1.54, 1.807) is 0 Å². The molecule has 0 atom stereocenters. The van der Waals surface area contributed by atoms with E-state index in [0.717, 1.165) is 5.75 Å². The van der Waals surface area contributed by atoms with Gasteiger partial charge in [0.25, 0.3) is 0 Å². The molecule has 78 valence electrons. The van der Waals surface area contributed by atoms with Gasteiger partial charge in [-0.25, -0.2) is 0 Å². The third kappa shape index (κ3) is 2.65. The molecule has 1 aromatic carbocycles. The topological polar surface area (TPSA) is 9.23 Å². The highest BCUT2D eigenvalue weighted by Crippen LogP contribution is 2.32. The third-order valence-corrected chi connectivity index (χ3v) is 2.26. The summed E-state index contributed by atoms with van der Waals surface area (Å²) in [6.45, 7) is 8.55. The largest absolute Gasteiger partial charge is 0.478 e. The average Bonchev–Trinajstić information content (AvgIpc) is 2.02. The second kappa shape index (κ2) is 4.22. The predicted molar refractivity (Wildman–Crippen MR) is 61.2 cm³/mol. The Morgan fingerprint density at radius 2 is 1.93 bits per heavy atom. The molecule has 1 aromatic rings. The van der Waals surface area contributed by atoms with E-state index in [0.29, 0.717) is 0 Å². The predicted octanol–water partition coefficient (Wildman–Crippen LogP) is 3.87. The quantitative estimate of drug-likeness (QED) is 0.677. The molecule has 0 amide bonds. The van der Waals surface area contributed by atoms with Crippen LogP contribution in [0.4, 0.5) is 0 Å². The van der Waals surface area contributed by atoms with E-state index >= 15 is 0 Å². The number of benzene rings is 1. The van der Waals surface area contributed by atoms with Crippen LogP contribution in [0.5, 0.6) is 5.75 Å². The standard InChI is InChI=1S/C12H17ClO/c1-9-5-6-10(12(2,3)4)11(7-9)14-8-13/h5-7H,8H2,1-4H3. The number of alkyl halides is 1. The molecular weight excluding hydrogens is 196 g/mol. The molecule has 0 saturated heterocycles. The summed E-state index contributed by atoms with van der Waals surface area (Å²) in [7, 11) is 0. The first-order valence-electron chi connectivity index (χ1n) is 4.75. The first-order chi connectivity index (χ1) is 6.45. The van der Waals surface area contributed by atoms with Crippen molar-refractivity contribution in [2.45, 2.75) is 33.1 Å². The Kier molecular flexibility index (Phi) is 3.43. The molecule has 0 aromatic heterocycles. The minimum Gasteiger partial charge on any atom is -0.478 e. The molecule has 1 nitrogen and oxygen atoms in total. The molecule has 0 aliphatic heterocycles. The second-order valence-electron chi connectivity index (χ2n) is 4.50. The van der Waals surface area contributed by atoms with Crippen LogP contribution in [-0.2, 0) is 5.41 Å². The Morgan fingerprint density at radius 1 is 1.29 bits per heavy atom. The Bertz CT molecular complexity index is 313. The van der Waals surface area contributed by atoms with Crippen molar-refractivity contribution >= 4 is 11.6 Å². The molecule has 0 N–H and O–H groups in total. The average molecular weight is 213 g/mol. The minimum atomic E-state index is 0.0924.